The molecule has 0 spiro atoms. The van der Waals surface area contributed by atoms with Crippen LogP contribution in [0.5, 0.6) is 5.75 Å². The number of para-hydroxylation sites is 1. The molecule has 5 aromatic rings. The van der Waals surface area contributed by atoms with Gasteiger partial charge in [0.2, 0.25) is 0 Å². The van der Waals surface area contributed by atoms with E-state index in [2.05, 4.69) is 90.7 Å². The molecule has 0 fully saturated rings. The number of fused-ring (bicyclic) bond motifs is 3. The Morgan fingerprint density at radius 2 is 1.63 bits per heavy atom. The van der Waals surface area contributed by atoms with Crippen molar-refractivity contribution in [3.05, 3.63) is 101 Å². The van der Waals surface area contributed by atoms with Crippen molar-refractivity contribution in [1.29, 1.82) is 0 Å². The Labute approximate surface area is 231 Å². The van der Waals surface area contributed by atoms with Crippen LogP contribution in [-0.4, -0.2) is 20.8 Å². The van der Waals surface area contributed by atoms with Crippen molar-refractivity contribution in [2.75, 3.05) is 0 Å². The molecule has 0 unspecified atom stereocenters. The van der Waals surface area contributed by atoms with E-state index in [1.54, 1.807) is 18.2 Å². The van der Waals surface area contributed by atoms with Crippen molar-refractivity contribution >= 4 is 62.0 Å². The van der Waals surface area contributed by atoms with Crippen molar-refractivity contribution in [3.8, 4) is 5.75 Å². The number of carboxylic acids is 1. The molecule has 0 aliphatic rings. The summed E-state index contributed by atoms with van der Waals surface area (Å²) in [5, 5.41) is 12.6. The zero-order chi connectivity index (χ0) is 27.1. The normalized spacial score (nSPS) is 13.4. The minimum absolute atomic E-state index is 0.198. The topological polar surface area (TPSA) is 63.8 Å². The molecule has 0 aliphatic carbocycles. The Kier molecular flexibility index (Phi) is 6.97. The fraction of sp³-hybridized carbons (Fsp3) is 0.194. The highest BCUT2D eigenvalue weighted by Crippen LogP contribution is 2.62. The highest BCUT2D eigenvalue weighted by Gasteiger charge is 2.39. The Bertz CT molecular complexity index is 1720. The van der Waals surface area contributed by atoms with Gasteiger partial charge in [0, 0.05) is 43.3 Å². The Morgan fingerprint density at radius 1 is 0.921 bits per heavy atom. The van der Waals surface area contributed by atoms with E-state index in [1.165, 1.54) is 16.4 Å². The molecule has 1 aromatic heterocycles. The SMILES string of the molecule is CCn1c2ccccc2c2cc([P@@](=Nc3cccc(C(=O)O)c3)(Oc3ccc(Br)cc3)C(C)(C)C)ccc21. The smallest absolute Gasteiger partial charge is 0.335 e. The first-order valence-electron chi connectivity index (χ1n) is 12.6. The highest BCUT2D eigenvalue weighted by molar-refractivity contribution is 9.10. The van der Waals surface area contributed by atoms with Gasteiger partial charge in [-0.15, -0.1) is 0 Å². The summed E-state index contributed by atoms with van der Waals surface area (Å²) in [6.07, 6.45) is 0. The Hall–Kier alpha value is -3.34. The number of aryl methyl sites for hydroxylation is 1. The number of aromatic nitrogens is 1. The average molecular weight is 589 g/mol. The zero-order valence-corrected chi connectivity index (χ0v) is 24.3. The maximum absolute atomic E-state index is 11.7. The van der Waals surface area contributed by atoms with Crippen LogP contribution in [0.4, 0.5) is 5.69 Å². The van der Waals surface area contributed by atoms with Crippen LogP contribution in [0.2, 0.25) is 0 Å². The molecule has 4 aromatic carbocycles. The fourth-order valence-corrected chi connectivity index (χ4v) is 8.22. The van der Waals surface area contributed by atoms with Gasteiger partial charge >= 0.3 is 5.97 Å². The Morgan fingerprint density at radius 3 is 2.32 bits per heavy atom. The summed E-state index contributed by atoms with van der Waals surface area (Å²) < 4.78 is 15.6. The zero-order valence-electron chi connectivity index (χ0n) is 21.9. The van der Waals surface area contributed by atoms with Crippen LogP contribution in [0.15, 0.2) is 100 Å². The minimum Gasteiger partial charge on any atom is -0.478 e. The van der Waals surface area contributed by atoms with Crippen molar-refractivity contribution < 1.29 is 14.4 Å². The lowest BCUT2D eigenvalue weighted by Crippen LogP contribution is -2.27. The minimum atomic E-state index is -2.82. The van der Waals surface area contributed by atoms with E-state index in [4.69, 9.17) is 9.27 Å². The summed E-state index contributed by atoms with van der Waals surface area (Å²) >= 11 is 3.52. The summed E-state index contributed by atoms with van der Waals surface area (Å²) in [6.45, 7) is 9.45. The number of hydrogen-bond acceptors (Lipinski definition) is 3. The molecule has 1 N–H and O–H groups in total. The number of nitrogens with zero attached hydrogens (tertiary/aromatic N) is 2. The molecule has 7 heteroatoms. The number of rotatable bonds is 6. The van der Waals surface area contributed by atoms with Crippen LogP contribution >= 0.6 is 23.2 Å². The van der Waals surface area contributed by atoms with Gasteiger partial charge in [-0.3, -0.25) is 0 Å². The van der Waals surface area contributed by atoms with Gasteiger partial charge in [-0.2, -0.15) is 0 Å². The number of carboxylic acid groups (broad SMARTS) is 1. The molecular weight excluding hydrogens is 559 g/mol. The third kappa shape index (κ3) is 4.68. The molecule has 0 radical (unpaired) electrons. The first kappa shape index (κ1) is 26.3. The number of halogens is 1. The largest absolute Gasteiger partial charge is 0.478 e. The first-order valence-corrected chi connectivity index (χ1v) is 15.0. The first-order chi connectivity index (χ1) is 18.1. The van der Waals surface area contributed by atoms with E-state index in [-0.39, 0.29) is 5.56 Å². The van der Waals surface area contributed by atoms with E-state index in [1.807, 2.05) is 30.3 Å². The van der Waals surface area contributed by atoms with Crippen LogP contribution < -0.4 is 9.83 Å². The van der Waals surface area contributed by atoms with Crippen LogP contribution in [0, 0.1) is 0 Å². The van der Waals surface area contributed by atoms with Crippen LogP contribution in [0.1, 0.15) is 38.1 Å². The van der Waals surface area contributed by atoms with Gasteiger partial charge in [-0.25, -0.2) is 9.54 Å². The summed E-state index contributed by atoms with van der Waals surface area (Å²) in [4.78, 5) is 11.7. The average Bonchev–Trinajstić information content (AvgIpc) is 3.22. The van der Waals surface area contributed by atoms with Gasteiger partial charge in [-0.05, 0) is 73.7 Å². The van der Waals surface area contributed by atoms with Crippen molar-refractivity contribution in [2.24, 2.45) is 4.74 Å². The highest BCUT2D eigenvalue weighted by atomic mass is 79.9. The second kappa shape index (κ2) is 10.1. The summed E-state index contributed by atoms with van der Waals surface area (Å²) in [5.74, 6) is -0.268. The predicted molar refractivity (Wildman–Crippen MR) is 162 cm³/mol. The van der Waals surface area contributed by atoms with Crippen LogP contribution in [0.3, 0.4) is 0 Å². The Balaban J connectivity index is 1.84. The third-order valence-corrected chi connectivity index (χ3v) is 11.0. The molecule has 5 rings (SSSR count). The maximum Gasteiger partial charge on any atom is 0.335 e. The number of benzene rings is 4. The van der Waals surface area contributed by atoms with Gasteiger partial charge in [0.15, 0.2) is 7.28 Å². The number of hydrogen-bond donors (Lipinski definition) is 1. The standard InChI is InChI=1S/C31H30BrN2O3P/c1-5-34-28-12-7-6-11-26(28)27-20-25(17-18-29(27)34)38(31(2,3)4,37-24-15-13-22(32)14-16-24)33-23-10-8-9-21(19-23)30(35)36/h6-20H,5H2,1-4H3,(H,35,36)/t38-/m1/s1. The summed E-state index contributed by atoms with van der Waals surface area (Å²) in [7, 11) is -2.82. The molecule has 1 atom stereocenters. The molecule has 5 nitrogen and oxygen atoms in total. The van der Waals surface area contributed by atoms with Gasteiger partial charge in [0.25, 0.3) is 0 Å². The van der Waals surface area contributed by atoms with E-state index in [0.717, 1.165) is 21.7 Å². The van der Waals surface area contributed by atoms with Crippen molar-refractivity contribution in [3.63, 3.8) is 0 Å². The lowest BCUT2D eigenvalue weighted by molar-refractivity contribution is 0.0697. The van der Waals surface area contributed by atoms with Gasteiger partial charge < -0.3 is 14.2 Å². The van der Waals surface area contributed by atoms with Crippen molar-refractivity contribution in [2.45, 2.75) is 39.4 Å². The molecule has 0 amide bonds. The van der Waals surface area contributed by atoms with Gasteiger partial charge in [0.1, 0.15) is 5.75 Å². The van der Waals surface area contributed by atoms with E-state index >= 15 is 0 Å². The molecule has 0 aliphatic heterocycles. The second-order valence-electron chi connectivity index (χ2n) is 10.2. The molecule has 1 heterocycles. The van der Waals surface area contributed by atoms with Crippen molar-refractivity contribution in [1.82, 2.24) is 4.57 Å². The van der Waals surface area contributed by atoms with Crippen LogP contribution in [-0.2, 0) is 6.54 Å². The number of carbonyl (C=O) groups is 1. The summed E-state index contributed by atoms with van der Waals surface area (Å²) in [6, 6.07) is 29.6. The second-order valence-corrected chi connectivity index (χ2v) is 14.5. The monoisotopic (exact) mass is 588 g/mol. The third-order valence-electron chi connectivity index (χ3n) is 6.73. The lowest BCUT2D eigenvalue weighted by Gasteiger charge is -2.37. The van der Waals surface area contributed by atoms with E-state index in [9.17, 15) is 9.90 Å². The molecular formula is C31H30BrN2O3P. The van der Waals surface area contributed by atoms with E-state index < -0.39 is 18.4 Å². The molecule has 38 heavy (non-hydrogen) atoms. The predicted octanol–water partition coefficient (Wildman–Crippen LogP) is 9.23. The quantitative estimate of drug-likeness (QED) is 0.201. The fourth-order valence-electron chi connectivity index (χ4n) is 4.89. The lowest BCUT2D eigenvalue weighted by atomic mass is 10.1. The molecule has 0 bridgehead atoms. The maximum atomic E-state index is 11.7. The van der Waals surface area contributed by atoms with Gasteiger partial charge in [-0.1, -0.05) is 61.0 Å². The molecule has 194 valence electrons. The molecule has 0 saturated heterocycles. The number of aromatic carboxylic acids is 1. The van der Waals surface area contributed by atoms with Crippen LogP contribution in [0.25, 0.3) is 21.8 Å². The molecule has 0 saturated carbocycles. The summed E-state index contributed by atoms with van der Waals surface area (Å²) in [5.41, 5.74) is 3.15. The van der Waals surface area contributed by atoms with E-state index in [0.29, 0.717) is 11.4 Å². The van der Waals surface area contributed by atoms with Gasteiger partial charge in [0.05, 0.1) is 11.3 Å².